The van der Waals surface area contributed by atoms with Crippen molar-refractivity contribution in [2.75, 3.05) is 6.61 Å². The molecule has 4 atom stereocenters. The van der Waals surface area contributed by atoms with Gasteiger partial charge in [0, 0.05) is 12.1 Å². The van der Waals surface area contributed by atoms with Crippen molar-refractivity contribution in [1.29, 1.82) is 0 Å². The Morgan fingerprint density at radius 2 is 1.66 bits per heavy atom. The molecule has 4 fully saturated rings. The number of hydrogen-bond donors (Lipinski definition) is 1. The molecule has 4 saturated carbocycles. The first-order valence-electron chi connectivity index (χ1n) is 12.2. The molecule has 0 amide bonds. The van der Waals surface area contributed by atoms with Gasteiger partial charge in [-0.3, -0.25) is 0 Å². The Hall–Kier alpha value is -1.71. The second kappa shape index (κ2) is 8.25. The molecule has 3 nitrogen and oxygen atoms in total. The summed E-state index contributed by atoms with van der Waals surface area (Å²) in [4.78, 5) is 0. The van der Waals surface area contributed by atoms with E-state index in [1.807, 2.05) is 31.2 Å². The molecule has 0 heterocycles. The highest BCUT2D eigenvalue weighted by Gasteiger charge is 2.59. The molecular formula is C28H36ClNO2. The Bertz CT molecular complexity index is 957. The minimum atomic E-state index is 0.268. The minimum absolute atomic E-state index is 0.268. The largest absolute Gasteiger partial charge is 0.490 e. The summed E-state index contributed by atoms with van der Waals surface area (Å²) < 4.78 is 12.0. The van der Waals surface area contributed by atoms with Crippen LogP contribution in [0.4, 0.5) is 0 Å². The standard InChI is InChI=1S/C28H36ClNO2/c1-4-31-24-11-21(10-23(29)25(24)32-16-20-8-6-5-7-9-20)15-30-28-14-22-12-26(2,18-28)17-27(3,13-22)19-28/h5-11,22,30H,4,12-19H2,1-3H3/t22?,26-,27+,28?. The van der Waals surface area contributed by atoms with E-state index >= 15 is 0 Å². The molecule has 2 aromatic carbocycles. The molecular weight excluding hydrogens is 418 g/mol. The second-order valence-electron chi connectivity index (χ2n) is 11.4. The fourth-order valence-electron chi connectivity index (χ4n) is 7.79. The van der Waals surface area contributed by atoms with E-state index < -0.39 is 0 Å². The molecule has 4 heteroatoms. The first-order chi connectivity index (χ1) is 15.3. The van der Waals surface area contributed by atoms with E-state index in [1.54, 1.807) is 0 Å². The lowest BCUT2D eigenvalue weighted by Gasteiger charge is -2.65. The first kappa shape index (κ1) is 22.1. The summed E-state index contributed by atoms with van der Waals surface area (Å²) in [5.41, 5.74) is 3.55. The highest BCUT2D eigenvalue weighted by atomic mass is 35.5. The van der Waals surface area contributed by atoms with Gasteiger partial charge in [-0.1, -0.05) is 55.8 Å². The van der Waals surface area contributed by atoms with Crippen LogP contribution in [-0.2, 0) is 13.2 Å². The molecule has 0 aromatic heterocycles. The maximum Gasteiger partial charge on any atom is 0.180 e. The fourth-order valence-corrected chi connectivity index (χ4v) is 8.08. The van der Waals surface area contributed by atoms with Crippen molar-refractivity contribution in [1.82, 2.24) is 5.32 Å². The van der Waals surface area contributed by atoms with Crippen molar-refractivity contribution in [2.24, 2.45) is 16.7 Å². The van der Waals surface area contributed by atoms with Gasteiger partial charge in [0.2, 0.25) is 0 Å². The van der Waals surface area contributed by atoms with E-state index in [4.69, 9.17) is 21.1 Å². The Morgan fingerprint density at radius 1 is 0.938 bits per heavy atom. The first-order valence-corrected chi connectivity index (χ1v) is 12.5. The maximum atomic E-state index is 6.70. The molecule has 4 aliphatic rings. The Balaban J connectivity index is 1.32. The molecule has 4 aliphatic carbocycles. The number of hydrogen-bond acceptors (Lipinski definition) is 3. The zero-order chi connectivity index (χ0) is 22.4. The summed E-state index contributed by atoms with van der Waals surface area (Å²) in [6.45, 7) is 8.91. The van der Waals surface area contributed by atoms with Crippen LogP contribution in [0.1, 0.15) is 70.4 Å². The molecule has 0 aliphatic heterocycles. The van der Waals surface area contributed by atoms with Crippen LogP contribution in [-0.4, -0.2) is 12.1 Å². The molecule has 4 bridgehead atoms. The molecule has 0 saturated heterocycles. The smallest absolute Gasteiger partial charge is 0.180 e. The van der Waals surface area contributed by atoms with Gasteiger partial charge in [-0.05, 0) is 85.5 Å². The molecule has 2 unspecified atom stereocenters. The van der Waals surface area contributed by atoms with Crippen LogP contribution >= 0.6 is 11.6 Å². The summed E-state index contributed by atoms with van der Waals surface area (Å²) in [6, 6.07) is 14.3. The molecule has 32 heavy (non-hydrogen) atoms. The lowest BCUT2D eigenvalue weighted by Crippen LogP contribution is -2.63. The highest BCUT2D eigenvalue weighted by molar-refractivity contribution is 6.32. The predicted molar refractivity (Wildman–Crippen MR) is 130 cm³/mol. The zero-order valence-electron chi connectivity index (χ0n) is 19.7. The van der Waals surface area contributed by atoms with E-state index in [0.29, 0.717) is 34.8 Å². The molecule has 172 valence electrons. The van der Waals surface area contributed by atoms with Crippen LogP contribution < -0.4 is 14.8 Å². The van der Waals surface area contributed by atoms with Crippen LogP contribution in [0.15, 0.2) is 42.5 Å². The Kier molecular flexibility index (Phi) is 5.70. The lowest BCUT2D eigenvalue weighted by molar-refractivity contribution is -0.118. The van der Waals surface area contributed by atoms with E-state index in [1.165, 1.54) is 38.5 Å². The number of halogens is 1. The van der Waals surface area contributed by atoms with Crippen LogP contribution in [0.5, 0.6) is 11.5 Å². The van der Waals surface area contributed by atoms with Gasteiger partial charge in [0.1, 0.15) is 6.61 Å². The van der Waals surface area contributed by atoms with Crippen molar-refractivity contribution in [2.45, 2.75) is 78.0 Å². The Labute approximate surface area is 197 Å². The summed E-state index contributed by atoms with van der Waals surface area (Å²) >= 11 is 6.70. The average Bonchev–Trinajstić information content (AvgIpc) is 2.70. The molecule has 0 radical (unpaired) electrons. The van der Waals surface area contributed by atoms with E-state index in [-0.39, 0.29) is 5.54 Å². The van der Waals surface area contributed by atoms with Gasteiger partial charge in [0.15, 0.2) is 11.5 Å². The zero-order valence-corrected chi connectivity index (χ0v) is 20.4. The number of nitrogens with one attached hydrogen (secondary N) is 1. The predicted octanol–water partition coefficient (Wildman–Crippen LogP) is 7.16. The molecule has 0 spiro atoms. The van der Waals surface area contributed by atoms with Crippen molar-refractivity contribution in [3.05, 3.63) is 58.6 Å². The van der Waals surface area contributed by atoms with Gasteiger partial charge in [-0.25, -0.2) is 0 Å². The molecule has 6 rings (SSSR count). The van der Waals surface area contributed by atoms with Crippen molar-refractivity contribution >= 4 is 11.6 Å². The van der Waals surface area contributed by atoms with Gasteiger partial charge in [0.25, 0.3) is 0 Å². The second-order valence-corrected chi connectivity index (χ2v) is 11.8. The third kappa shape index (κ3) is 4.39. The van der Waals surface area contributed by atoms with E-state index in [0.717, 1.165) is 29.3 Å². The molecule has 1 N–H and O–H groups in total. The van der Waals surface area contributed by atoms with Crippen molar-refractivity contribution < 1.29 is 9.47 Å². The van der Waals surface area contributed by atoms with Crippen LogP contribution in [0, 0.1) is 16.7 Å². The quantitative estimate of drug-likeness (QED) is 0.460. The summed E-state index contributed by atoms with van der Waals surface area (Å²) in [5, 5.41) is 4.63. The van der Waals surface area contributed by atoms with Gasteiger partial charge in [-0.2, -0.15) is 0 Å². The number of ether oxygens (including phenoxy) is 2. The number of benzene rings is 2. The minimum Gasteiger partial charge on any atom is -0.490 e. The van der Waals surface area contributed by atoms with Crippen molar-refractivity contribution in [3.63, 3.8) is 0 Å². The molecule has 2 aromatic rings. The van der Waals surface area contributed by atoms with Gasteiger partial charge < -0.3 is 14.8 Å². The number of rotatable bonds is 8. The average molecular weight is 454 g/mol. The van der Waals surface area contributed by atoms with Crippen molar-refractivity contribution in [3.8, 4) is 11.5 Å². The van der Waals surface area contributed by atoms with E-state index in [2.05, 4.69) is 37.4 Å². The third-order valence-electron chi connectivity index (χ3n) is 7.89. The van der Waals surface area contributed by atoms with Gasteiger partial charge in [-0.15, -0.1) is 0 Å². The summed E-state index contributed by atoms with van der Waals surface area (Å²) in [5.74, 6) is 2.25. The highest BCUT2D eigenvalue weighted by Crippen LogP contribution is 2.66. The maximum absolute atomic E-state index is 6.70. The van der Waals surface area contributed by atoms with Crippen LogP contribution in [0.3, 0.4) is 0 Å². The normalized spacial score (nSPS) is 32.8. The SMILES string of the molecule is CCOc1cc(CNC23CC4C[C@@](C)(C2)C[C@](C)(C4)C3)cc(Cl)c1OCc1ccccc1. The summed E-state index contributed by atoms with van der Waals surface area (Å²) in [7, 11) is 0. The third-order valence-corrected chi connectivity index (χ3v) is 8.17. The van der Waals surface area contributed by atoms with Gasteiger partial charge >= 0.3 is 0 Å². The van der Waals surface area contributed by atoms with Crippen LogP contribution in [0.2, 0.25) is 5.02 Å². The van der Waals surface area contributed by atoms with E-state index in [9.17, 15) is 0 Å². The van der Waals surface area contributed by atoms with Crippen LogP contribution in [0.25, 0.3) is 0 Å². The fraction of sp³-hybridized carbons (Fsp3) is 0.571. The Morgan fingerprint density at radius 3 is 2.31 bits per heavy atom. The van der Waals surface area contributed by atoms with Gasteiger partial charge in [0.05, 0.1) is 11.6 Å². The summed E-state index contributed by atoms with van der Waals surface area (Å²) in [6.07, 6.45) is 8.16. The monoisotopic (exact) mass is 453 g/mol. The topological polar surface area (TPSA) is 30.5 Å². The lowest BCUT2D eigenvalue weighted by atomic mass is 9.43.